The molecule has 0 atom stereocenters. The SMILES string of the molecule is CCOc1ccc(-n2c(SCc3coc(-c4ccccc4)n3)nnc2-c2cccnc2)cc1. The molecule has 0 saturated carbocycles. The van der Waals surface area contributed by atoms with E-state index in [0.29, 0.717) is 18.3 Å². The fraction of sp³-hybridized carbons (Fsp3) is 0.120. The average Bonchev–Trinajstić information content (AvgIpc) is 3.52. The van der Waals surface area contributed by atoms with Gasteiger partial charge in [-0.15, -0.1) is 10.2 Å². The van der Waals surface area contributed by atoms with Crippen LogP contribution in [-0.2, 0) is 5.75 Å². The van der Waals surface area contributed by atoms with E-state index in [1.807, 2.05) is 78.2 Å². The Hall–Kier alpha value is -3.91. The van der Waals surface area contributed by atoms with Gasteiger partial charge in [-0.05, 0) is 55.5 Å². The molecule has 33 heavy (non-hydrogen) atoms. The van der Waals surface area contributed by atoms with Crippen LogP contribution in [0.3, 0.4) is 0 Å². The van der Waals surface area contributed by atoms with Gasteiger partial charge in [0.1, 0.15) is 12.0 Å². The number of pyridine rings is 1. The van der Waals surface area contributed by atoms with Crippen LogP contribution in [0.1, 0.15) is 12.6 Å². The van der Waals surface area contributed by atoms with Crippen LogP contribution in [0.5, 0.6) is 5.75 Å². The lowest BCUT2D eigenvalue weighted by atomic mass is 10.2. The van der Waals surface area contributed by atoms with Crippen molar-refractivity contribution in [2.45, 2.75) is 17.8 Å². The van der Waals surface area contributed by atoms with Crippen LogP contribution in [0.4, 0.5) is 0 Å². The summed E-state index contributed by atoms with van der Waals surface area (Å²) in [6.07, 6.45) is 5.22. The van der Waals surface area contributed by atoms with Gasteiger partial charge in [0.05, 0.1) is 12.3 Å². The summed E-state index contributed by atoms with van der Waals surface area (Å²) in [6.45, 7) is 2.59. The molecule has 2 aromatic carbocycles. The van der Waals surface area contributed by atoms with Crippen molar-refractivity contribution >= 4 is 11.8 Å². The van der Waals surface area contributed by atoms with E-state index in [1.54, 1.807) is 30.4 Å². The van der Waals surface area contributed by atoms with Crippen LogP contribution in [0.25, 0.3) is 28.5 Å². The largest absolute Gasteiger partial charge is 0.494 e. The van der Waals surface area contributed by atoms with Crippen LogP contribution < -0.4 is 4.74 Å². The minimum absolute atomic E-state index is 0.596. The molecule has 3 heterocycles. The highest BCUT2D eigenvalue weighted by molar-refractivity contribution is 7.98. The van der Waals surface area contributed by atoms with Crippen molar-refractivity contribution in [3.8, 4) is 34.3 Å². The summed E-state index contributed by atoms with van der Waals surface area (Å²) in [4.78, 5) is 8.86. The van der Waals surface area contributed by atoms with Gasteiger partial charge in [-0.2, -0.15) is 0 Å². The van der Waals surface area contributed by atoms with Crippen molar-refractivity contribution in [2.24, 2.45) is 0 Å². The molecule has 3 aromatic heterocycles. The number of oxazole rings is 1. The molecular formula is C25H21N5O2S. The molecule has 8 heteroatoms. The summed E-state index contributed by atoms with van der Waals surface area (Å²) in [5, 5.41) is 9.68. The number of ether oxygens (including phenoxy) is 1. The second kappa shape index (κ2) is 9.70. The molecule has 0 amide bonds. The topological polar surface area (TPSA) is 78.9 Å². The van der Waals surface area contributed by atoms with E-state index in [0.717, 1.165) is 39.2 Å². The predicted molar refractivity (Wildman–Crippen MR) is 127 cm³/mol. The molecule has 0 unspecified atom stereocenters. The second-order valence-electron chi connectivity index (χ2n) is 7.11. The summed E-state index contributed by atoms with van der Waals surface area (Å²) >= 11 is 1.55. The highest BCUT2D eigenvalue weighted by Gasteiger charge is 2.17. The Labute approximate surface area is 195 Å². The Bertz CT molecular complexity index is 1320. The third-order valence-electron chi connectivity index (χ3n) is 4.88. The lowest BCUT2D eigenvalue weighted by Crippen LogP contribution is -2.00. The van der Waals surface area contributed by atoms with E-state index in [4.69, 9.17) is 9.15 Å². The highest BCUT2D eigenvalue weighted by atomic mass is 32.2. The van der Waals surface area contributed by atoms with Gasteiger partial charge in [-0.25, -0.2) is 4.98 Å². The zero-order valence-corrected chi connectivity index (χ0v) is 18.8. The van der Waals surface area contributed by atoms with Gasteiger partial charge in [0.25, 0.3) is 0 Å². The van der Waals surface area contributed by atoms with Crippen molar-refractivity contribution in [1.82, 2.24) is 24.7 Å². The molecule has 0 spiro atoms. The second-order valence-corrected chi connectivity index (χ2v) is 8.05. The van der Waals surface area contributed by atoms with E-state index in [1.165, 1.54) is 0 Å². The minimum Gasteiger partial charge on any atom is -0.494 e. The van der Waals surface area contributed by atoms with Gasteiger partial charge < -0.3 is 9.15 Å². The zero-order chi connectivity index (χ0) is 22.5. The molecule has 5 aromatic rings. The van der Waals surface area contributed by atoms with Gasteiger partial charge in [0, 0.05) is 35.0 Å². The smallest absolute Gasteiger partial charge is 0.226 e. The molecule has 0 aliphatic carbocycles. The Morgan fingerprint density at radius 3 is 2.52 bits per heavy atom. The fourth-order valence-electron chi connectivity index (χ4n) is 3.36. The standard InChI is InChI=1S/C25H21N5O2S/c1-2-31-22-12-10-21(11-13-22)30-23(19-9-6-14-26-15-19)28-29-25(30)33-17-20-16-32-24(27-20)18-7-4-3-5-8-18/h3-16H,2,17H2,1H3. The van der Waals surface area contributed by atoms with E-state index in [-0.39, 0.29) is 0 Å². The first kappa shape index (κ1) is 21.0. The molecule has 0 saturated heterocycles. The van der Waals surface area contributed by atoms with Crippen molar-refractivity contribution in [1.29, 1.82) is 0 Å². The summed E-state index contributed by atoms with van der Waals surface area (Å²) in [5.41, 5.74) is 3.61. The van der Waals surface area contributed by atoms with Crippen molar-refractivity contribution in [3.05, 3.63) is 91.1 Å². The Morgan fingerprint density at radius 1 is 0.939 bits per heavy atom. The first-order valence-corrected chi connectivity index (χ1v) is 11.5. The number of thioether (sulfide) groups is 1. The number of aromatic nitrogens is 5. The third-order valence-corrected chi connectivity index (χ3v) is 5.84. The van der Waals surface area contributed by atoms with Crippen molar-refractivity contribution in [3.63, 3.8) is 0 Å². The van der Waals surface area contributed by atoms with Gasteiger partial charge in [0.15, 0.2) is 11.0 Å². The number of nitrogens with zero attached hydrogens (tertiary/aromatic N) is 5. The molecule has 7 nitrogen and oxygen atoms in total. The molecule has 164 valence electrons. The monoisotopic (exact) mass is 455 g/mol. The lowest BCUT2D eigenvalue weighted by molar-refractivity contribution is 0.340. The molecule has 0 radical (unpaired) electrons. The first-order chi connectivity index (χ1) is 16.3. The maximum absolute atomic E-state index is 5.68. The van der Waals surface area contributed by atoms with Crippen LogP contribution in [-0.4, -0.2) is 31.3 Å². The summed E-state index contributed by atoms with van der Waals surface area (Å²) in [5.74, 6) is 2.75. The molecule has 0 fully saturated rings. The molecule has 0 bridgehead atoms. The summed E-state index contributed by atoms with van der Waals surface area (Å²) in [7, 11) is 0. The third kappa shape index (κ3) is 4.65. The van der Waals surface area contributed by atoms with E-state index in [9.17, 15) is 0 Å². The van der Waals surface area contributed by atoms with Crippen LogP contribution in [0.2, 0.25) is 0 Å². The number of benzene rings is 2. The summed E-state index contributed by atoms with van der Waals surface area (Å²) < 4.78 is 13.3. The highest BCUT2D eigenvalue weighted by Crippen LogP contribution is 2.30. The predicted octanol–water partition coefficient (Wildman–Crippen LogP) is 5.68. The molecule has 5 rings (SSSR count). The number of hydrogen-bond acceptors (Lipinski definition) is 7. The number of rotatable bonds is 8. The fourth-order valence-corrected chi connectivity index (χ4v) is 4.19. The molecule has 0 aliphatic heterocycles. The van der Waals surface area contributed by atoms with Crippen molar-refractivity contribution in [2.75, 3.05) is 6.61 Å². The van der Waals surface area contributed by atoms with Crippen molar-refractivity contribution < 1.29 is 9.15 Å². The van der Waals surface area contributed by atoms with Crippen LogP contribution in [0.15, 0.2) is 95.0 Å². The maximum Gasteiger partial charge on any atom is 0.226 e. The van der Waals surface area contributed by atoms with Gasteiger partial charge >= 0.3 is 0 Å². The molecule has 0 aliphatic rings. The van der Waals surface area contributed by atoms with E-state index < -0.39 is 0 Å². The van der Waals surface area contributed by atoms with Crippen LogP contribution in [0, 0.1) is 0 Å². The van der Waals surface area contributed by atoms with E-state index in [2.05, 4.69) is 20.2 Å². The molecule has 0 N–H and O–H groups in total. The normalized spacial score (nSPS) is 10.9. The molecular weight excluding hydrogens is 434 g/mol. The Kier molecular flexibility index (Phi) is 6.16. The minimum atomic E-state index is 0.596. The summed E-state index contributed by atoms with van der Waals surface area (Å²) in [6, 6.07) is 21.6. The van der Waals surface area contributed by atoms with Gasteiger partial charge in [0.2, 0.25) is 5.89 Å². The number of hydrogen-bond donors (Lipinski definition) is 0. The van der Waals surface area contributed by atoms with Gasteiger partial charge in [-0.1, -0.05) is 30.0 Å². The first-order valence-electron chi connectivity index (χ1n) is 10.5. The van der Waals surface area contributed by atoms with Crippen LogP contribution >= 0.6 is 11.8 Å². The maximum atomic E-state index is 5.68. The lowest BCUT2D eigenvalue weighted by Gasteiger charge is -2.11. The van der Waals surface area contributed by atoms with E-state index >= 15 is 0 Å². The quantitative estimate of drug-likeness (QED) is 0.279. The average molecular weight is 456 g/mol. The Morgan fingerprint density at radius 2 is 1.76 bits per heavy atom. The Balaban J connectivity index is 1.44. The van der Waals surface area contributed by atoms with Gasteiger partial charge in [-0.3, -0.25) is 9.55 Å². The zero-order valence-electron chi connectivity index (χ0n) is 18.0.